The molecule has 0 aliphatic heterocycles. The van der Waals surface area contributed by atoms with Gasteiger partial charge in [0, 0.05) is 0 Å². The van der Waals surface area contributed by atoms with E-state index in [0.717, 1.165) is 6.42 Å². The Labute approximate surface area is 56.5 Å². The molecular formula is C7H16O2. The van der Waals surface area contributed by atoms with Crippen molar-refractivity contribution in [2.75, 3.05) is 0 Å². The maximum atomic E-state index is 9.07. The molecule has 0 radical (unpaired) electrons. The van der Waals surface area contributed by atoms with Gasteiger partial charge in [-0.2, -0.15) is 0 Å². The van der Waals surface area contributed by atoms with E-state index in [1.807, 2.05) is 13.8 Å². The topological polar surface area (TPSA) is 40.5 Å². The van der Waals surface area contributed by atoms with Gasteiger partial charge in [-0.25, -0.2) is 0 Å². The number of hydrogen-bond acceptors (Lipinski definition) is 2. The highest BCUT2D eigenvalue weighted by Gasteiger charge is 2.11. The Bertz CT molecular complexity index is 63.9. The van der Waals surface area contributed by atoms with Gasteiger partial charge in [0.15, 0.2) is 0 Å². The molecule has 0 aromatic carbocycles. The Morgan fingerprint density at radius 3 is 2.00 bits per heavy atom. The predicted molar refractivity (Wildman–Crippen MR) is 37.2 cm³/mol. The summed E-state index contributed by atoms with van der Waals surface area (Å²) in [5.74, 6) is 0. The van der Waals surface area contributed by atoms with Crippen molar-refractivity contribution in [1.82, 2.24) is 0 Å². The van der Waals surface area contributed by atoms with Crippen molar-refractivity contribution in [3.63, 3.8) is 0 Å². The minimum Gasteiger partial charge on any atom is -0.390 e. The number of aliphatic hydroxyl groups excluding tert-OH is 2. The van der Waals surface area contributed by atoms with E-state index in [9.17, 15) is 0 Å². The number of aliphatic hydroxyl groups is 2. The van der Waals surface area contributed by atoms with E-state index in [4.69, 9.17) is 10.2 Å². The van der Waals surface area contributed by atoms with Crippen molar-refractivity contribution in [3.05, 3.63) is 0 Å². The minimum absolute atomic E-state index is 0.514. The second-order valence-electron chi connectivity index (χ2n) is 2.33. The Hall–Kier alpha value is -0.0800. The minimum atomic E-state index is -0.523. The summed E-state index contributed by atoms with van der Waals surface area (Å²) in [7, 11) is 0. The molecule has 2 atom stereocenters. The molecule has 0 saturated heterocycles. The molecule has 0 spiro atoms. The lowest BCUT2D eigenvalue weighted by molar-refractivity contribution is 0.0124. The molecule has 0 bridgehead atoms. The lowest BCUT2D eigenvalue weighted by Crippen LogP contribution is -2.24. The summed E-state index contributed by atoms with van der Waals surface area (Å²) in [6.07, 6.45) is 1.24. The molecule has 2 heteroatoms. The third kappa shape index (κ3) is 3.49. The first-order valence-corrected chi connectivity index (χ1v) is 3.58. The molecule has 0 aliphatic rings. The van der Waals surface area contributed by atoms with Crippen LogP contribution in [-0.2, 0) is 0 Å². The summed E-state index contributed by atoms with van der Waals surface area (Å²) in [5, 5.41) is 18.1. The van der Waals surface area contributed by atoms with Crippen molar-refractivity contribution < 1.29 is 10.2 Å². The normalized spacial score (nSPS) is 17.3. The largest absolute Gasteiger partial charge is 0.390 e. The van der Waals surface area contributed by atoms with E-state index in [2.05, 4.69) is 0 Å². The van der Waals surface area contributed by atoms with Crippen LogP contribution < -0.4 is 0 Å². The van der Waals surface area contributed by atoms with Gasteiger partial charge in [-0.15, -0.1) is 0 Å². The Morgan fingerprint density at radius 2 is 1.67 bits per heavy atom. The van der Waals surface area contributed by atoms with Crippen LogP contribution in [0.3, 0.4) is 0 Å². The Balaban J connectivity index is 3.32. The standard InChI is InChI=1S/C7H16O2/c1-3-5-7(9)6(8)4-2/h6-9H,3-5H2,1-2H3/t6-,7?/m1/s1. The summed E-state index contributed by atoms with van der Waals surface area (Å²) in [5.41, 5.74) is 0. The average Bonchev–Trinajstić information content (AvgIpc) is 1.87. The summed E-state index contributed by atoms with van der Waals surface area (Å²) < 4.78 is 0. The fraction of sp³-hybridized carbons (Fsp3) is 1.00. The molecule has 2 nitrogen and oxygen atoms in total. The summed E-state index contributed by atoms with van der Waals surface area (Å²) >= 11 is 0. The van der Waals surface area contributed by atoms with E-state index in [1.54, 1.807) is 0 Å². The molecule has 0 aromatic heterocycles. The second kappa shape index (κ2) is 4.77. The highest BCUT2D eigenvalue weighted by molar-refractivity contribution is 4.63. The molecule has 0 rings (SSSR count). The molecule has 0 amide bonds. The van der Waals surface area contributed by atoms with E-state index >= 15 is 0 Å². The van der Waals surface area contributed by atoms with Gasteiger partial charge in [0.05, 0.1) is 12.2 Å². The quantitative estimate of drug-likeness (QED) is 0.597. The Morgan fingerprint density at radius 1 is 1.11 bits per heavy atom. The predicted octanol–water partition coefficient (Wildman–Crippen LogP) is 0.918. The lowest BCUT2D eigenvalue weighted by Gasteiger charge is -2.14. The van der Waals surface area contributed by atoms with Gasteiger partial charge in [0.2, 0.25) is 0 Å². The molecule has 9 heavy (non-hydrogen) atoms. The van der Waals surface area contributed by atoms with Gasteiger partial charge in [0.25, 0.3) is 0 Å². The van der Waals surface area contributed by atoms with E-state index in [0.29, 0.717) is 12.8 Å². The van der Waals surface area contributed by atoms with Crippen LogP contribution in [-0.4, -0.2) is 22.4 Å². The number of rotatable bonds is 4. The molecule has 0 aromatic rings. The zero-order chi connectivity index (χ0) is 7.28. The third-order valence-electron chi connectivity index (χ3n) is 1.45. The molecule has 0 heterocycles. The van der Waals surface area contributed by atoms with Crippen LogP contribution in [0.2, 0.25) is 0 Å². The van der Waals surface area contributed by atoms with Gasteiger partial charge < -0.3 is 10.2 Å². The first-order chi connectivity index (χ1) is 4.22. The van der Waals surface area contributed by atoms with E-state index < -0.39 is 12.2 Å². The molecule has 2 N–H and O–H groups in total. The second-order valence-corrected chi connectivity index (χ2v) is 2.33. The molecule has 1 unspecified atom stereocenters. The maximum absolute atomic E-state index is 9.07. The smallest absolute Gasteiger partial charge is 0.0798 e. The lowest BCUT2D eigenvalue weighted by atomic mass is 10.1. The molecule has 0 aliphatic carbocycles. The average molecular weight is 132 g/mol. The summed E-state index contributed by atoms with van der Waals surface area (Å²) in [6, 6.07) is 0. The van der Waals surface area contributed by atoms with Gasteiger partial charge in [0.1, 0.15) is 0 Å². The number of hydrogen-bond donors (Lipinski definition) is 2. The van der Waals surface area contributed by atoms with Crippen molar-refractivity contribution in [1.29, 1.82) is 0 Å². The van der Waals surface area contributed by atoms with Crippen LogP contribution in [0.15, 0.2) is 0 Å². The van der Waals surface area contributed by atoms with Crippen LogP contribution in [0, 0.1) is 0 Å². The molecule has 0 fully saturated rings. The van der Waals surface area contributed by atoms with Crippen LogP contribution >= 0.6 is 0 Å². The van der Waals surface area contributed by atoms with Crippen LogP contribution in [0.4, 0.5) is 0 Å². The SMILES string of the molecule is CCCC(O)[C@H](O)CC. The van der Waals surface area contributed by atoms with Crippen LogP contribution in [0.5, 0.6) is 0 Å². The summed E-state index contributed by atoms with van der Waals surface area (Å²) in [4.78, 5) is 0. The molecule has 0 saturated carbocycles. The Kier molecular flexibility index (Phi) is 4.72. The van der Waals surface area contributed by atoms with E-state index in [-0.39, 0.29) is 0 Å². The fourth-order valence-electron chi connectivity index (χ4n) is 0.760. The third-order valence-corrected chi connectivity index (χ3v) is 1.45. The molecular weight excluding hydrogens is 116 g/mol. The fourth-order valence-corrected chi connectivity index (χ4v) is 0.760. The maximum Gasteiger partial charge on any atom is 0.0798 e. The van der Waals surface area contributed by atoms with Gasteiger partial charge in [-0.3, -0.25) is 0 Å². The zero-order valence-corrected chi connectivity index (χ0v) is 6.17. The van der Waals surface area contributed by atoms with Gasteiger partial charge >= 0.3 is 0 Å². The van der Waals surface area contributed by atoms with Crippen molar-refractivity contribution >= 4 is 0 Å². The van der Waals surface area contributed by atoms with Gasteiger partial charge in [-0.05, 0) is 12.8 Å². The molecule has 56 valence electrons. The highest BCUT2D eigenvalue weighted by atomic mass is 16.3. The first-order valence-electron chi connectivity index (χ1n) is 3.58. The monoisotopic (exact) mass is 132 g/mol. The zero-order valence-electron chi connectivity index (χ0n) is 6.17. The van der Waals surface area contributed by atoms with E-state index in [1.165, 1.54) is 0 Å². The van der Waals surface area contributed by atoms with Crippen molar-refractivity contribution in [2.45, 2.75) is 45.3 Å². The van der Waals surface area contributed by atoms with Crippen LogP contribution in [0.25, 0.3) is 0 Å². The van der Waals surface area contributed by atoms with Gasteiger partial charge in [-0.1, -0.05) is 20.3 Å². The van der Waals surface area contributed by atoms with Crippen molar-refractivity contribution in [3.8, 4) is 0 Å². The van der Waals surface area contributed by atoms with Crippen molar-refractivity contribution in [2.24, 2.45) is 0 Å². The highest BCUT2D eigenvalue weighted by Crippen LogP contribution is 2.04. The summed E-state index contributed by atoms with van der Waals surface area (Å²) in [6.45, 7) is 3.86. The first kappa shape index (κ1) is 8.92. The van der Waals surface area contributed by atoms with Crippen LogP contribution in [0.1, 0.15) is 33.1 Å².